The van der Waals surface area contributed by atoms with E-state index >= 15 is 0 Å². The number of nitrogens with zero attached hydrogens (tertiary/aromatic N) is 4. The summed E-state index contributed by atoms with van der Waals surface area (Å²) in [6.07, 6.45) is 2.02. The Bertz CT molecular complexity index is 636. The average Bonchev–Trinajstić information content (AvgIpc) is 2.90. The second kappa shape index (κ2) is 5.61. The third-order valence-electron chi connectivity index (χ3n) is 4.02. The third kappa shape index (κ3) is 3.01. The summed E-state index contributed by atoms with van der Waals surface area (Å²) in [6, 6.07) is 5.45. The largest absolute Gasteiger partial charge is 0.398 e. The molecular formula is C14H18ClN5O. The fourth-order valence-corrected chi connectivity index (χ4v) is 2.75. The van der Waals surface area contributed by atoms with E-state index in [2.05, 4.69) is 22.4 Å². The van der Waals surface area contributed by atoms with Crippen LogP contribution in [-0.2, 0) is 11.3 Å². The van der Waals surface area contributed by atoms with Gasteiger partial charge in [0.25, 0.3) is 0 Å². The Morgan fingerprint density at radius 1 is 1.38 bits per heavy atom. The molecule has 2 aromatic rings. The summed E-state index contributed by atoms with van der Waals surface area (Å²) >= 11 is 6.08. The molecule has 1 fully saturated rings. The van der Waals surface area contributed by atoms with Crippen LogP contribution in [0.3, 0.4) is 0 Å². The van der Waals surface area contributed by atoms with Gasteiger partial charge in [-0.05, 0) is 46.9 Å². The Morgan fingerprint density at radius 2 is 2.14 bits per heavy atom. The van der Waals surface area contributed by atoms with Crippen LogP contribution in [0.4, 0.5) is 5.69 Å². The van der Waals surface area contributed by atoms with Gasteiger partial charge in [0.2, 0.25) is 0 Å². The molecule has 21 heavy (non-hydrogen) atoms. The summed E-state index contributed by atoms with van der Waals surface area (Å²) in [5, 5.41) is 12.6. The molecule has 1 aromatic carbocycles. The summed E-state index contributed by atoms with van der Waals surface area (Å²) in [6.45, 7) is 4.60. The molecule has 1 aromatic heterocycles. The van der Waals surface area contributed by atoms with Gasteiger partial charge in [0.15, 0.2) is 5.82 Å². The number of nitrogens with two attached hydrogens (primary N) is 1. The minimum absolute atomic E-state index is 0.153. The van der Waals surface area contributed by atoms with Crippen LogP contribution in [0.2, 0.25) is 5.02 Å². The van der Waals surface area contributed by atoms with Crippen LogP contribution in [0, 0.1) is 5.41 Å². The number of aromatic nitrogens is 4. The molecule has 0 radical (unpaired) electrons. The molecule has 7 heteroatoms. The molecule has 2 N–H and O–H groups in total. The van der Waals surface area contributed by atoms with Gasteiger partial charge in [0, 0.05) is 18.8 Å². The lowest BCUT2D eigenvalue weighted by Gasteiger charge is -2.33. The first kappa shape index (κ1) is 14.3. The molecule has 0 atom stereocenters. The molecule has 3 rings (SSSR count). The molecule has 0 spiro atoms. The number of ether oxygens (including phenoxy) is 1. The van der Waals surface area contributed by atoms with Crippen LogP contribution < -0.4 is 5.73 Å². The van der Waals surface area contributed by atoms with Gasteiger partial charge in [-0.15, -0.1) is 5.10 Å². The van der Waals surface area contributed by atoms with Crippen LogP contribution >= 0.6 is 11.6 Å². The fourth-order valence-electron chi connectivity index (χ4n) is 2.57. The maximum atomic E-state index is 6.08. The van der Waals surface area contributed by atoms with E-state index in [0.29, 0.717) is 16.5 Å². The fraction of sp³-hybridized carbons (Fsp3) is 0.500. The van der Waals surface area contributed by atoms with Gasteiger partial charge in [-0.25, -0.2) is 4.68 Å². The van der Waals surface area contributed by atoms with Crippen molar-refractivity contribution >= 4 is 17.3 Å². The SMILES string of the molecule is CC1(Cn2nnnc2-c2ccc(N)c(Cl)c2)CCOCC1. The van der Waals surface area contributed by atoms with Crippen molar-refractivity contribution in [3.05, 3.63) is 23.2 Å². The van der Waals surface area contributed by atoms with Crippen molar-refractivity contribution < 1.29 is 4.74 Å². The second-order valence-electron chi connectivity index (χ2n) is 5.82. The van der Waals surface area contributed by atoms with Gasteiger partial charge in [-0.3, -0.25) is 0 Å². The van der Waals surface area contributed by atoms with Crippen LogP contribution in [0.5, 0.6) is 0 Å². The summed E-state index contributed by atoms with van der Waals surface area (Å²) in [4.78, 5) is 0. The Hall–Kier alpha value is -1.66. The second-order valence-corrected chi connectivity index (χ2v) is 6.23. The number of hydrogen-bond acceptors (Lipinski definition) is 5. The molecular weight excluding hydrogens is 290 g/mol. The van der Waals surface area contributed by atoms with Gasteiger partial charge in [-0.1, -0.05) is 18.5 Å². The van der Waals surface area contributed by atoms with Crippen LogP contribution in [0.15, 0.2) is 18.2 Å². The summed E-state index contributed by atoms with van der Waals surface area (Å²) in [7, 11) is 0. The smallest absolute Gasteiger partial charge is 0.182 e. The summed E-state index contributed by atoms with van der Waals surface area (Å²) < 4.78 is 7.28. The molecule has 1 aliphatic rings. The Balaban J connectivity index is 1.88. The van der Waals surface area contributed by atoms with Crippen molar-refractivity contribution in [2.45, 2.75) is 26.3 Å². The van der Waals surface area contributed by atoms with E-state index in [9.17, 15) is 0 Å². The Labute approximate surface area is 128 Å². The van der Waals surface area contributed by atoms with Crippen molar-refractivity contribution in [2.75, 3.05) is 18.9 Å². The summed E-state index contributed by atoms with van der Waals surface area (Å²) in [5.41, 5.74) is 7.32. The molecule has 112 valence electrons. The van der Waals surface area contributed by atoms with Crippen LogP contribution in [-0.4, -0.2) is 33.4 Å². The Kier molecular flexibility index (Phi) is 3.82. The lowest BCUT2D eigenvalue weighted by molar-refractivity contribution is 0.0138. The molecule has 0 unspecified atom stereocenters. The third-order valence-corrected chi connectivity index (χ3v) is 4.35. The van der Waals surface area contributed by atoms with E-state index in [4.69, 9.17) is 22.1 Å². The predicted molar refractivity (Wildman–Crippen MR) is 80.8 cm³/mol. The van der Waals surface area contributed by atoms with Crippen molar-refractivity contribution in [1.29, 1.82) is 0 Å². The van der Waals surface area contributed by atoms with Gasteiger partial charge in [0.1, 0.15) is 0 Å². The first-order valence-electron chi connectivity index (χ1n) is 6.97. The normalized spacial score (nSPS) is 17.8. The zero-order valence-electron chi connectivity index (χ0n) is 11.9. The quantitative estimate of drug-likeness (QED) is 0.881. The van der Waals surface area contributed by atoms with Crippen molar-refractivity contribution in [3.63, 3.8) is 0 Å². The van der Waals surface area contributed by atoms with E-state index in [1.165, 1.54) is 0 Å². The molecule has 6 nitrogen and oxygen atoms in total. The zero-order chi connectivity index (χ0) is 14.9. The number of nitrogen functional groups attached to an aromatic ring is 1. The van der Waals surface area contributed by atoms with Gasteiger partial charge in [0.05, 0.1) is 17.3 Å². The van der Waals surface area contributed by atoms with Crippen molar-refractivity contribution in [3.8, 4) is 11.4 Å². The van der Waals surface area contributed by atoms with E-state index < -0.39 is 0 Å². The highest BCUT2D eigenvalue weighted by molar-refractivity contribution is 6.33. The van der Waals surface area contributed by atoms with Crippen LogP contribution in [0.25, 0.3) is 11.4 Å². The molecule has 0 amide bonds. The molecule has 2 heterocycles. The first-order chi connectivity index (χ1) is 10.1. The highest BCUT2D eigenvalue weighted by Crippen LogP contribution is 2.33. The number of rotatable bonds is 3. The average molecular weight is 308 g/mol. The van der Waals surface area contributed by atoms with Crippen LogP contribution in [0.1, 0.15) is 19.8 Å². The van der Waals surface area contributed by atoms with Gasteiger partial charge < -0.3 is 10.5 Å². The van der Waals surface area contributed by atoms with Gasteiger partial charge in [-0.2, -0.15) is 0 Å². The van der Waals surface area contributed by atoms with E-state index in [1.807, 2.05) is 10.7 Å². The lowest BCUT2D eigenvalue weighted by atomic mass is 9.82. The standard InChI is InChI=1S/C14H18ClN5O/c1-14(4-6-21-7-5-14)9-20-13(17-18-19-20)10-2-3-12(16)11(15)8-10/h2-3,8H,4-7,9,16H2,1H3. The monoisotopic (exact) mass is 307 g/mol. The topological polar surface area (TPSA) is 78.9 Å². The molecule has 0 bridgehead atoms. The maximum absolute atomic E-state index is 6.08. The zero-order valence-corrected chi connectivity index (χ0v) is 12.7. The van der Waals surface area contributed by atoms with E-state index in [-0.39, 0.29) is 5.41 Å². The van der Waals surface area contributed by atoms with Gasteiger partial charge >= 0.3 is 0 Å². The van der Waals surface area contributed by atoms with E-state index in [1.54, 1.807) is 12.1 Å². The summed E-state index contributed by atoms with van der Waals surface area (Å²) in [5.74, 6) is 0.713. The number of tetrazole rings is 1. The highest BCUT2D eigenvalue weighted by atomic mass is 35.5. The molecule has 1 saturated heterocycles. The first-order valence-corrected chi connectivity index (χ1v) is 7.35. The van der Waals surface area contributed by atoms with Crippen molar-refractivity contribution in [1.82, 2.24) is 20.2 Å². The Morgan fingerprint density at radius 3 is 2.86 bits per heavy atom. The number of hydrogen-bond donors (Lipinski definition) is 1. The number of anilines is 1. The van der Waals surface area contributed by atoms with Crippen molar-refractivity contribution in [2.24, 2.45) is 5.41 Å². The lowest BCUT2D eigenvalue weighted by Crippen LogP contribution is -2.31. The molecule has 1 aliphatic heterocycles. The number of benzene rings is 1. The minimum Gasteiger partial charge on any atom is -0.398 e. The predicted octanol–water partition coefficient (Wildman–Crippen LogP) is 2.39. The maximum Gasteiger partial charge on any atom is 0.182 e. The number of halogens is 1. The molecule has 0 aliphatic carbocycles. The highest BCUT2D eigenvalue weighted by Gasteiger charge is 2.29. The molecule has 0 saturated carbocycles. The minimum atomic E-state index is 0.153. The van der Waals surface area contributed by atoms with E-state index in [0.717, 1.165) is 38.2 Å².